The van der Waals surface area contributed by atoms with Gasteiger partial charge in [0, 0.05) is 10.9 Å². The molecule has 4 N–H and O–H groups in total. The molecule has 1 fully saturated rings. The van der Waals surface area contributed by atoms with Gasteiger partial charge in [0.05, 0.1) is 16.3 Å². The molecule has 1 atom stereocenters. The largest absolute Gasteiger partial charge is 0.491 e. The fourth-order valence-corrected chi connectivity index (χ4v) is 3.85. The van der Waals surface area contributed by atoms with Crippen molar-refractivity contribution < 1.29 is 4.74 Å². The van der Waals surface area contributed by atoms with Gasteiger partial charge in [0.1, 0.15) is 12.4 Å². The van der Waals surface area contributed by atoms with Crippen LogP contribution < -0.4 is 16.2 Å². The lowest BCUT2D eigenvalue weighted by atomic mass is 10.3. The van der Waals surface area contributed by atoms with Crippen LogP contribution in [-0.2, 0) is 0 Å². The molecular formula is C19H25N3OS. The average Bonchev–Trinajstić information content (AvgIpc) is 3.12. The summed E-state index contributed by atoms with van der Waals surface area (Å²) in [5.41, 5.74) is 12.9. The van der Waals surface area contributed by atoms with E-state index < -0.39 is 0 Å². The molecule has 2 aromatic carbocycles. The summed E-state index contributed by atoms with van der Waals surface area (Å²) in [5, 5.41) is 0. The number of hydrogen-bond acceptors (Lipinski definition) is 5. The van der Waals surface area contributed by atoms with Crippen LogP contribution in [-0.4, -0.2) is 30.6 Å². The average molecular weight is 343 g/mol. The van der Waals surface area contributed by atoms with E-state index in [9.17, 15) is 0 Å². The minimum Gasteiger partial charge on any atom is -0.491 e. The number of ether oxygens (including phenoxy) is 1. The molecule has 1 unspecified atom stereocenters. The van der Waals surface area contributed by atoms with Gasteiger partial charge in [-0.15, -0.1) is 0 Å². The Bertz CT molecular complexity index is 686. The van der Waals surface area contributed by atoms with Crippen LogP contribution in [0, 0.1) is 0 Å². The molecule has 0 saturated carbocycles. The van der Waals surface area contributed by atoms with Crippen molar-refractivity contribution in [3.05, 3.63) is 42.5 Å². The summed E-state index contributed by atoms with van der Waals surface area (Å²) < 4.78 is 6.12. The summed E-state index contributed by atoms with van der Waals surface area (Å²) in [4.78, 5) is 4.65. The van der Waals surface area contributed by atoms with Gasteiger partial charge in [0.15, 0.2) is 0 Å². The third-order valence-electron chi connectivity index (χ3n) is 4.38. The molecule has 0 radical (unpaired) electrons. The molecule has 1 heterocycles. The normalized spacial score (nSPS) is 16.2. The first-order valence-electron chi connectivity index (χ1n) is 8.42. The van der Waals surface area contributed by atoms with E-state index in [0.29, 0.717) is 24.0 Å². The first kappa shape index (κ1) is 17.0. The van der Waals surface area contributed by atoms with Crippen molar-refractivity contribution in [3.8, 4) is 5.75 Å². The van der Waals surface area contributed by atoms with Crippen molar-refractivity contribution in [3.63, 3.8) is 0 Å². The number of nitrogens with zero attached hydrogens (tertiary/aromatic N) is 1. The highest BCUT2D eigenvalue weighted by Gasteiger charge is 2.18. The predicted octanol–water partition coefficient (Wildman–Crippen LogP) is 3.87. The molecule has 24 heavy (non-hydrogen) atoms. The van der Waals surface area contributed by atoms with Crippen LogP contribution in [0.4, 0.5) is 11.4 Å². The lowest BCUT2D eigenvalue weighted by molar-refractivity contribution is 0.170. The molecule has 0 spiro atoms. The maximum absolute atomic E-state index is 6.12. The van der Waals surface area contributed by atoms with Gasteiger partial charge in [0.25, 0.3) is 0 Å². The van der Waals surface area contributed by atoms with Crippen molar-refractivity contribution in [2.45, 2.75) is 35.6 Å². The number of para-hydroxylation sites is 1. The quantitative estimate of drug-likeness (QED) is 0.780. The highest BCUT2D eigenvalue weighted by atomic mass is 32.2. The predicted molar refractivity (Wildman–Crippen MR) is 102 cm³/mol. The van der Waals surface area contributed by atoms with Gasteiger partial charge in [-0.25, -0.2) is 0 Å². The van der Waals surface area contributed by atoms with Crippen molar-refractivity contribution in [2.75, 3.05) is 31.2 Å². The van der Waals surface area contributed by atoms with Crippen molar-refractivity contribution in [1.82, 2.24) is 4.90 Å². The van der Waals surface area contributed by atoms with E-state index in [1.165, 1.54) is 25.9 Å². The third kappa shape index (κ3) is 4.16. The Morgan fingerprint density at radius 2 is 1.83 bits per heavy atom. The molecule has 1 aliphatic rings. The minimum absolute atomic E-state index is 0.442. The summed E-state index contributed by atoms with van der Waals surface area (Å²) in [6.07, 6.45) is 2.60. The smallest absolute Gasteiger partial charge is 0.133 e. The lowest BCUT2D eigenvalue weighted by Gasteiger charge is -2.24. The Hall–Kier alpha value is -1.85. The van der Waals surface area contributed by atoms with E-state index >= 15 is 0 Å². The molecule has 1 aliphatic heterocycles. The van der Waals surface area contributed by atoms with Gasteiger partial charge in [0.2, 0.25) is 0 Å². The zero-order valence-corrected chi connectivity index (χ0v) is 14.9. The van der Waals surface area contributed by atoms with E-state index in [4.69, 9.17) is 16.2 Å². The molecule has 0 bridgehead atoms. The van der Waals surface area contributed by atoms with Gasteiger partial charge in [-0.05, 0) is 63.2 Å². The van der Waals surface area contributed by atoms with E-state index in [1.807, 2.05) is 36.4 Å². The topological polar surface area (TPSA) is 64.5 Å². The Morgan fingerprint density at radius 3 is 2.58 bits per heavy atom. The molecule has 3 rings (SSSR count). The SMILES string of the molecule is CC(COc1ccccc1Sc1ccc(N)c(N)c1)N1CCCC1. The Labute approximate surface area is 148 Å². The summed E-state index contributed by atoms with van der Waals surface area (Å²) >= 11 is 1.65. The number of rotatable bonds is 6. The lowest BCUT2D eigenvalue weighted by Crippen LogP contribution is -2.34. The first-order valence-corrected chi connectivity index (χ1v) is 9.24. The van der Waals surface area contributed by atoms with Crippen LogP contribution >= 0.6 is 11.8 Å². The molecule has 0 aliphatic carbocycles. The number of anilines is 2. The van der Waals surface area contributed by atoms with Crippen LogP contribution in [0.5, 0.6) is 5.75 Å². The zero-order valence-electron chi connectivity index (χ0n) is 14.1. The van der Waals surface area contributed by atoms with Gasteiger partial charge in [-0.3, -0.25) is 4.90 Å². The van der Waals surface area contributed by atoms with Crippen LogP contribution in [0.3, 0.4) is 0 Å². The molecular weight excluding hydrogens is 318 g/mol. The second-order valence-electron chi connectivity index (χ2n) is 6.24. The second-order valence-corrected chi connectivity index (χ2v) is 7.36. The number of hydrogen-bond donors (Lipinski definition) is 2. The van der Waals surface area contributed by atoms with Crippen molar-refractivity contribution >= 4 is 23.1 Å². The minimum atomic E-state index is 0.442. The Balaban J connectivity index is 1.67. The molecule has 4 nitrogen and oxygen atoms in total. The molecule has 0 amide bonds. The number of nitrogen functional groups attached to an aromatic ring is 2. The molecule has 0 aromatic heterocycles. The monoisotopic (exact) mass is 343 g/mol. The Kier molecular flexibility index (Phi) is 5.53. The van der Waals surface area contributed by atoms with Crippen LogP contribution in [0.1, 0.15) is 19.8 Å². The highest BCUT2D eigenvalue weighted by molar-refractivity contribution is 7.99. The molecule has 128 valence electrons. The van der Waals surface area contributed by atoms with Gasteiger partial charge in [-0.2, -0.15) is 0 Å². The molecule has 5 heteroatoms. The maximum Gasteiger partial charge on any atom is 0.133 e. The van der Waals surface area contributed by atoms with Crippen LogP contribution in [0.25, 0.3) is 0 Å². The van der Waals surface area contributed by atoms with E-state index in [0.717, 1.165) is 15.5 Å². The van der Waals surface area contributed by atoms with Crippen LogP contribution in [0.15, 0.2) is 52.3 Å². The molecule has 1 saturated heterocycles. The number of nitrogens with two attached hydrogens (primary N) is 2. The van der Waals surface area contributed by atoms with Gasteiger partial charge >= 0.3 is 0 Å². The van der Waals surface area contributed by atoms with E-state index in [2.05, 4.69) is 17.9 Å². The zero-order chi connectivity index (χ0) is 16.9. The standard InChI is InChI=1S/C19H25N3OS/c1-14(22-10-4-5-11-22)13-23-18-6-2-3-7-19(18)24-15-8-9-16(20)17(21)12-15/h2-3,6-9,12,14H,4-5,10-11,13,20-21H2,1H3. The van der Waals surface area contributed by atoms with Gasteiger partial charge in [-0.1, -0.05) is 23.9 Å². The summed E-state index contributed by atoms with van der Waals surface area (Å²) in [6.45, 7) is 5.32. The number of benzene rings is 2. The second kappa shape index (κ2) is 7.81. The number of likely N-dealkylation sites (tertiary alicyclic amines) is 1. The van der Waals surface area contributed by atoms with Crippen molar-refractivity contribution in [1.29, 1.82) is 0 Å². The van der Waals surface area contributed by atoms with E-state index in [1.54, 1.807) is 11.8 Å². The summed E-state index contributed by atoms with van der Waals surface area (Å²) in [6, 6.07) is 14.3. The summed E-state index contributed by atoms with van der Waals surface area (Å²) in [5.74, 6) is 0.920. The fourth-order valence-electron chi connectivity index (χ4n) is 2.90. The van der Waals surface area contributed by atoms with Crippen LogP contribution in [0.2, 0.25) is 0 Å². The fraction of sp³-hybridized carbons (Fsp3) is 0.368. The van der Waals surface area contributed by atoms with Gasteiger partial charge < -0.3 is 16.2 Å². The third-order valence-corrected chi connectivity index (χ3v) is 5.43. The Morgan fingerprint density at radius 1 is 1.08 bits per heavy atom. The van der Waals surface area contributed by atoms with Crippen molar-refractivity contribution in [2.24, 2.45) is 0 Å². The first-order chi connectivity index (χ1) is 11.6. The molecule has 2 aromatic rings. The maximum atomic E-state index is 6.12. The summed E-state index contributed by atoms with van der Waals surface area (Å²) in [7, 11) is 0. The highest BCUT2D eigenvalue weighted by Crippen LogP contribution is 2.36. The van der Waals surface area contributed by atoms with E-state index in [-0.39, 0.29) is 0 Å².